The van der Waals surface area contributed by atoms with Crippen molar-refractivity contribution in [1.82, 2.24) is 14.8 Å². The molecule has 0 saturated carbocycles. The van der Waals surface area contributed by atoms with Crippen molar-refractivity contribution in [3.63, 3.8) is 0 Å². The van der Waals surface area contributed by atoms with Crippen LogP contribution >= 0.6 is 0 Å². The zero-order chi connectivity index (χ0) is 12.9. The molecule has 0 aliphatic carbocycles. The van der Waals surface area contributed by atoms with E-state index in [0.717, 1.165) is 25.3 Å². The summed E-state index contributed by atoms with van der Waals surface area (Å²) in [5.41, 5.74) is -0.123. The molecule has 0 unspecified atom stereocenters. The number of aliphatic hydroxyl groups is 1. The first-order valence-electron chi connectivity index (χ1n) is 6.13. The molecule has 0 saturated heterocycles. The Kier molecular flexibility index (Phi) is 5.08. The number of aliphatic hydroxyl groups excluding tert-OH is 1. The van der Waals surface area contributed by atoms with E-state index >= 15 is 0 Å². The van der Waals surface area contributed by atoms with Crippen LogP contribution in [-0.4, -0.2) is 33.1 Å². The molecule has 0 amide bonds. The fourth-order valence-electron chi connectivity index (χ4n) is 1.80. The summed E-state index contributed by atoms with van der Waals surface area (Å²) in [6.07, 6.45) is 1.75. The van der Waals surface area contributed by atoms with Gasteiger partial charge in [0, 0.05) is 18.6 Å². The van der Waals surface area contributed by atoms with Crippen LogP contribution < -0.4 is 0 Å². The normalized spacial score (nSPS) is 12.1. The van der Waals surface area contributed by atoms with E-state index in [1.807, 2.05) is 4.57 Å². The van der Waals surface area contributed by atoms with Crippen molar-refractivity contribution in [2.24, 2.45) is 0 Å². The average Bonchev–Trinajstić information content (AvgIpc) is 2.67. The van der Waals surface area contributed by atoms with Crippen LogP contribution in [0.3, 0.4) is 0 Å². The average molecular weight is 241 g/mol. The maximum absolute atomic E-state index is 9.25. The highest BCUT2D eigenvalue weighted by atomic mass is 16.5. The molecule has 1 rings (SSSR count). The lowest BCUT2D eigenvalue weighted by molar-refractivity contribution is 0.134. The van der Waals surface area contributed by atoms with Gasteiger partial charge in [-0.1, -0.05) is 6.92 Å². The molecule has 0 atom stereocenters. The first-order valence-corrected chi connectivity index (χ1v) is 6.13. The minimum atomic E-state index is -0.123. The molecule has 0 radical (unpaired) electrons. The third kappa shape index (κ3) is 3.78. The van der Waals surface area contributed by atoms with Crippen LogP contribution in [0, 0.1) is 0 Å². The van der Waals surface area contributed by atoms with E-state index in [9.17, 15) is 5.11 Å². The van der Waals surface area contributed by atoms with Gasteiger partial charge in [0.05, 0.1) is 6.61 Å². The van der Waals surface area contributed by atoms with Gasteiger partial charge in [0.2, 0.25) is 0 Å². The van der Waals surface area contributed by atoms with Crippen LogP contribution in [0.4, 0.5) is 0 Å². The van der Waals surface area contributed by atoms with Gasteiger partial charge in [0.15, 0.2) is 5.82 Å². The lowest BCUT2D eigenvalue weighted by atomic mass is 10.1. The van der Waals surface area contributed by atoms with Crippen molar-refractivity contribution in [2.45, 2.75) is 52.7 Å². The highest BCUT2D eigenvalue weighted by molar-refractivity contribution is 5.00. The van der Waals surface area contributed by atoms with E-state index in [1.54, 1.807) is 0 Å². The van der Waals surface area contributed by atoms with Crippen molar-refractivity contribution < 1.29 is 9.84 Å². The minimum Gasteiger partial charge on any atom is -0.388 e. The Morgan fingerprint density at radius 1 is 1.18 bits per heavy atom. The SMILES string of the molecule is CCCOCCc1nnc(CO)n1C(C)(C)C. The number of hydrogen-bond donors (Lipinski definition) is 1. The Bertz CT molecular complexity index is 342. The molecule has 98 valence electrons. The summed E-state index contributed by atoms with van der Waals surface area (Å²) in [6.45, 7) is 9.65. The van der Waals surface area contributed by atoms with Crippen LogP contribution in [0.25, 0.3) is 0 Å². The first-order chi connectivity index (χ1) is 8.00. The second-order valence-corrected chi connectivity index (χ2v) is 5.06. The quantitative estimate of drug-likeness (QED) is 0.767. The molecule has 0 aliphatic rings. The van der Waals surface area contributed by atoms with Gasteiger partial charge in [0.1, 0.15) is 12.4 Å². The molecule has 5 nitrogen and oxygen atoms in total. The van der Waals surface area contributed by atoms with Gasteiger partial charge in [-0.05, 0) is 27.2 Å². The van der Waals surface area contributed by atoms with Crippen LogP contribution in [0.5, 0.6) is 0 Å². The zero-order valence-corrected chi connectivity index (χ0v) is 11.2. The Labute approximate surface area is 103 Å². The van der Waals surface area contributed by atoms with Gasteiger partial charge in [-0.2, -0.15) is 0 Å². The Morgan fingerprint density at radius 3 is 2.35 bits per heavy atom. The van der Waals surface area contributed by atoms with Crippen molar-refractivity contribution in [1.29, 1.82) is 0 Å². The number of aromatic nitrogens is 3. The summed E-state index contributed by atoms with van der Waals surface area (Å²) in [5.74, 6) is 1.49. The third-order valence-corrected chi connectivity index (χ3v) is 2.43. The summed E-state index contributed by atoms with van der Waals surface area (Å²) in [5, 5.41) is 17.4. The minimum absolute atomic E-state index is 0.0832. The fraction of sp³-hybridized carbons (Fsp3) is 0.833. The summed E-state index contributed by atoms with van der Waals surface area (Å²) < 4.78 is 7.44. The molecule has 1 heterocycles. The molecule has 0 bridgehead atoms. The largest absolute Gasteiger partial charge is 0.388 e. The van der Waals surface area contributed by atoms with Gasteiger partial charge in [-0.25, -0.2) is 0 Å². The smallest absolute Gasteiger partial charge is 0.159 e. The number of rotatable bonds is 6. The van der Waals surface area contributed by atoms with Crippen molar-refractivity contribution in [3.05, 3.63) is 11.6 Å². The Morgan fingerprint density at radius 2 is 1.82 bits per heavy atom. The van der Waals surface area contributed by atoms with Gasteiger partial charge >= 0.3 is 0 Å². The van der Waals surface area contributed by atoms with Gasteiger partial charge in [0.25, 0.3) is 0 Å². The Hall–Kier alpha value is -0.940. The van der Waals surface area contributed by atoms with Crippen LogP contribution in [0.2, 0.25) is 0 Å². The molecular weight excluding hydrogens is 218 g/mol. The van der Waals surface area contributed by atoms with E-state index in [1.165, 1.54) is 0 Å². The molecule has 0 aromatic carbocycles. The van der Waals surface area contributed by atoms with Crippen molar-refractivity contribution >= 4 is 0 Å². The predicted molar refractivity (Wildman–Crippen MR) is 65.8 cm³/mol. The molecule has 1 aromatic heterocycles. The standard InChI is InChI=1S/C12H23N3O2/c1-5-7-17-8-6-10-13-14-11(9-16)15(10)12(2,3)4/h16H,5-9H2,1-4H3. The molecule has 0 spiro atoms. The summed E-state index contributed by atoms with van der Waals surface area (Å²) in [7, 11) is 0. The van der Waals surface area contributed by atoms with Crippen LogP contribution in [0.1, 0.15) is 45.8 Å². The predicted octanol–water partition coefficient (Wildman–Crippen LogP) is 1.49. The zero-order valence-electron chi connectivity index (χ0n) is 11.2. The summed E-state index contributed by atoms with van der Waals surface area (Å²) >= 11 is 0. The second-order valence-electron chi connectivity index (χ2n) is 5.06. The van der Waals surface area contributed by atoms with Gasteiger partial charge in [-0.3, -0.25) is 0 Å². The second kappa shape index (κ2) is 6.12. The number of hydrogen-bond acceptors (Lipinski definition) is 4. The third-order valence-electron chi connectivity index (χ3n) is 2.43. The first kappa shape index (κ1) is 14.1. The van der Waals surface area contributed by atoms with E-state index in [4.69, 9.17) is 4.74 Å². The highest BCUT2D eigenvalue weighted by Crippen LogP contribution is 2.18. The monoisotopic (exact) mass is 241 g/mol. The topological polar surface area (TPSA) is 60.2 Å². The maximum Gasteiger partial charge on any atom is 0.159 e. The van der Waals surface area contributed by atoms with E-state index in [-0.39, 0.29) is 12.1 Å². The van der Waals surface area contributed by atoms with Gasteiger partial charge < -0.3 is 14.4 Å². The molecule has 0 aliphatic heterocycles. The van der Waals surface area contributed by atoms with Gasteiger partial charge in [-0.15, -0.1) is 10.2 Å². The van der Waals surface area contributed by atoms with Crippen LogP contribution in [-0.2, 0) is 23.3 Å². The highest BCUT2D eigenvalue weighted by Gasteiger charge is 2.22. The van der Waals surface area contributed by atoms with E-state index in [2.05, 4.69) is 37.9 Å². The molecule has 5 heteroatoms. The summed E-state index contributed by atoms with van der Waals surface area (Å²) in [4.78, 5) is 0. The van der Waals surface area contributed by atoms with Crippen LogP contribution in [0.15, 0.2) is 0 Å². The number of nitrogens with zero attached hydrogens (tertiary/aromatic N) is 3. The fourth-order valence-corrected chi connectivity index (χ4v) is 1.80. The summed E-state index contributed by atoms with van der Waals surface area (Å²) in [6, 6.07) is 0. The molecular formula is C12H23N3O2. The molecule has 1 N–H and O–H groups in total. The molecule has 0 fully saturated rings. The van der Waals surface area contributed by atoms with Crippen molar-refractivity contribution in [3.8, 4) is 0 Å². The molecule has 17 heavy (non-hydrogen) atoms. The Balaban J connectivity index is 2.75. The van der Waals surface area contributed by atoms with Crippen molar-refractivity contribution in [2.75, 3.05) is 13.2 Å². The van der Waals surface area contributed by atoms with E-state index in [0.29, 0.717) is 12.4 Å². The number of ether oxygens (including phenoxy) is 1. The lowest BCUT2D eigenvalue weighted by Crippen LogP contribution is -2.27. The molecule has 1 aromatic rings. The maximum atomic E-state index is 9.25. The van der Waals surface area contributed by atoms with E-state index < -0.39 is 0 Å². The lowest BCUT2D eigenvalue weighted by Gasteiger charge is -2.24.